The molecule has 0 atom stereocenters. The monoisotopic (exact) mass is 498 g/mol. The number of carbonyl (C=O) groups is 2. The highest BCUT2D eigenvalue weighted by Crippen LogP contribution is 2.30. The molecule has 0 aliphatic carbocycles. The molecular weight excluding hydrogens is 481 g/mol. The Bertz CT molecular complexity index is 1370. The Kier molecular flexibility index (Phi) is 6.81. The first-order valence-electron chi connectivity index (χ1n) is 10.2. The molecule has 184 valence electrons. The van der Waals surface area contributed by atoms with E-state index in [0.29, 0.717) is 23.4 Å². The van der Waals surface area contributed by atoms with Crippen molar-refractivity contribution >= 4 is 23.6 Å². The predicted octanol–water partition coefficient (Wildman–Crippen LogP) is 4.95. The van der Waals surface area contributed by atoms with Crippen molar-refractivity contribution in [1.29, 1.82) is 0 Å². The van der Waals surface area contributed by atoms with Crippen molar-refractivity contribution in [3.05, 3.63) is 78.4 Å². The zero-order valence-electron chi connectivity index (χ0n) is 18.5. The Morgan fingerprint density at radius 2 is 1.69 bits per heavy atom. The largest absolute Gasteiger partial charge is 0.457 e. The summed E-state index contributed by atoms with van der Waals surface area (Å²) in [6, 6.07) is 10.6. The second-order valence-corrected chi connectivity index (χ2v) is 7.12. The fourth-order valence-electron chi connectivity index (χ4n) is 2.89. The average Bonchev–Trinajstić information content (AvgIpc) is 3.32. The standard InChI is InChI=1S/C23H17F3N6O4/c1-27-20(33)18-10-16(8-9-28-18)35-15-5-3-14(4-6-15)31-21(34)32-22-30-12-19(36-22)17-7-2-13(11-29-17)23(24,25)26/h2-12H,1H3,(H,27,33)(H2,30,31,32,34). The maximum absolute atomic E-state index is 12.7. The van der Waals surface area contributed by atoms with Gasteiger partial charge in [0.1, 0.15) is 22.9 Å². The average molecular weight is 498 g/mol. The first-order valence-corrected chi connectivity index (χ1v) is 10.2. The summed E-state index contributed by atoms with van der Waals surface area (Å²) in [5.41, 5.74) is -0.143. The molecule has 1 aromatic carbocycles. The highest BCUT2D eigenvalue weighted by Gasteiger charge is 2.30. The number of pyridine rings is 2. The fraction of sp³-hybridized carbons (Fsp3) is 0.0870. The van der Waals surface area contributed by atoms with E-state index in [4.69, 9.17) is 9.15 Å². The quantitative estimate of drug-likeness (QED) is 0.343. The van der Waals surface area contributed by atoms with Gasteiger partial charge in [-0.3, -0.25) is 20.1 Å². The lowest BCUT2D eigenvalue weighted by Gasteiger charge is -2.09. The van der Waals surface area contributed by atoms with Crippen LogP contribution < -0.4 is 20.7 Å². The van der Waals surface area contributed by atoms with Crippen LogP contribution in [0.15, 0.2) is 71.5 Å². The van der Waals surface area contributed by atoms with Crippen LogP contribution in [0.25, 0.3) is 11.5 Å². The zero-order chi connectivity index (χ0) is 25.7. The molecule has 36 heavy (non-hydrogen) atoms. The number of urea groups is 1. The van der Waals surface area contributed by atoms with Crippen molar-refractivity contribution in [2.24, 2.45) is 0 Å². The molecule has 4 rings (SSSR count). The lowest BCUT2D eigenvalue weighted by Crippen LogP contribution is -2.19. The third-order valence-electron chi connectivity index (χ3n) is 4.61. The van der Waals surface area contributed by atoms with Gasteiger partial charge < -0.3 is 19.8 Å². The van der Waals surface area contributed by atoms with E-state index in [2.05, 4.69) is 30.9 Å². The van der Waals surface area contributed by atoms with E-state index >= 15 is 0 Å². The van der Waals surface area contributed by atoms with Gasteiger partial charge in [-0.15, -0.1) is 0 Å². The number of halogens is 3. The number of nitrogens with one attached hydrogen (secondary N) is 3. The number of oxazole rings is 1. The van der Waals surface area contributed by atoms with E-state index in [0.717, 1.165) is 12.1 Å². The predicted molar refractivity (Wildman–Crippen MR) is 122 cm³/mol. The number of nitrogens with zero attached hydrogens (tertiary/aromatic N) is 3. The summed E-state index contributed by atoms with van der Waals surface area (Å²) < 4.78 is 49.0. The van der Waals surface area contributed by atoms with E-state index in [-0.39, 0.29) is 29.1 Å². The maximum Gasteiger partial charge on any atom is 0.417 e. The van der Waals surface area contributed by atoms with Crippen LogP contribution in [0.3, 0.4) is 0 Å². The van der Waals surface area contributed by atoms with Crippen molar-refractivity contribution in [1.82, 2.24) is 20.3 Å². The molecule has 3 heterocycles. The molecule has 0 aliphatic rings. The van der Waals surface area contributed by atoms with Crippen molar-refractivity contribution in [3.8, 4) is 23.0 Å². The molecule has 0 aliphatic heterocycles. The Labute approximate surface area is 201 Å². The minimum Gasteiger partial charge on any atom is -0.457 e. The van der Waals surface area contributed by atoms with Gasteiger partial charge in [-0.25, -0.2) is 9.78 Å². The van der Waals surface area contributed by atoms with E-state index < -0.39 is 17.8 Å². The summed E-state index contributed by atoms with van der Waals surface area (Å²) in [6.07, 6.45) is -1.15. The summed E-state index contributed by atoms with van der Waals surface area (Å²) in [5.74, 6) is 0.594. The molecule has 10 nitrogen and oxygen atoms in total. The first kappa shape index (κ1) is 24.2. The van der Waals surface area contributed by atoms with Gasteiger partial charge in [0.15, 0.2) is 5.76 Å². The lowest BCUT2D eigenvalue weighted by atomic mass is 10.2. The number of alkyl halides is 3. The molecule has 3 amide bonds. The van der Waals surface area contributed by atoms with Gasteiger partial charge in [-0.2, -0.15) is 13.2 Å². The van der Waals surface area contributed by atoms with E-state index in [1.807, 2.05) is 0 Å². The maximum atomic E-state index is 12.7. The van der Waals surface area contributed by atoms with Crippen LogP contribution in [0, 0.1) is 0 Å². The van der Waals surface area contributed by atoms with Gasteiger partial charge in [0.25, 0.3) is 5.91 Å². The molecule has 0 bridgehead atoms. The van der Waals surface area contributed by atoms with Gasteiger partial charge in [0.2, 0.25) is 0 Å². The van der Waals surface area contributed by atoms with Crippen LogP contribution in [0.1, 0.15) is 16.1 Å². The number of anilines is 2. The van der Waals surface area contributed by atoms with Crippen LogP contribution in [-0.4, -0.2) is 33.9 Å². The van der Waals surface area contributed by atoms with Crippen molar-refractivity contribution in [3.63, 3.8) is 0 Å². The summed E-state index contributed by atoms with van der Waals surface area (Å²) in [4.78, 5) is 35.5. The molecule has 0 radical (unpaired) electrons. The molecule has 13 heteroatoms. The van der Waals surface area contributed by atoms with Gasteiger partial charge in [-0.1, -0.05) is 0 Å². The number of aromatic nitrogens is 3. The number of benzene rings is 1. The van der Waals surface area contributed by atoms with Crippen LogP contribution in [0.4, 0.5) is 29.7 Å². The number of carbonyl (C=O) groups excluding carboxylic acids is 2. The number of hydrogen-bond donors (Lipinski definition) is 3. The molecule has 3 aromatic heterocycles. The first-order chi connectivity index (χ1) is 17.2. The van der Waals surface area contributed by atoms with Crippen LogP contribution in [-0.2, 0) is 6.18 Å². The Balaban J connectivity index is 1.33. The van der Waals surface area contributed by atoms with Crippen molar-refractivity contribution in [2.45, 2.75) is 6.18 Å². The minimum atomic E-state index is -4.50. The van der Waals surface area contributed by atoms with Gasteiger partial charge in [0, 0.05) is 31.2 Å². The fourth-order valence-corrected chi connectivity index (χ4v) is 2.89. The van der Waals surface area contributed by atoms with Crippen LogP contribution in [0.2, 0.25) is 0 Å². The SMILES string of the molecule is CNC(=O)c1cc(Oc2ccc(NC(=O)Nc3ncc(-c4ccc(C(F)(F)F)cn4)o3)cc2)ccn1. The molecule has 3 N–H and O–H groups in total. The molecule has 0 fully saturated rings. The molecular formula is C23H17F3N6O4. The summed E-state index contributed by atoms with van der Waals surface area (Å²) >= 11 is 0. The highest BCUT2D eigenvalue weighted by atomic mass is 19.4. The van der Waals surface area contributed by atoms with Crippen molar-refractivity contribution < 1.29 is 31.9 Å². The Hall–Kier alpha value is -4.94. The Morgan fingerprint density at radius 3 is 2.36 bits per heavy atom. The van der Waals surface area contributed by atoms with Crippen molar-refractivity contribution in [2.75, 3.05) is 17.7 Å². The van der Waals surface area contributed by atoms with E-state index in [1.54, 1.807) is 30.3 Å². The molecule has 0 spiro atoms. The lowest BCUT2D eigenvalue weighted by molar-refractivity contribution is -0.137. The van der Waals surface area contributed by atoms with Crippen LogP contribution >= 0.6 is 0 Å². The third-order valence-corrected chi connectivity index (χ3v) is 4.61. The number of rotatable bonds is 6. The van der Waals surface area contributed by atoms with Gasteiger partial charge in [-0.05, 0) is 42.5 Å². The second kappa shape index (κ2) is 10.1. The number of amides is 3. The smallest absolute Gasteiger partial charge is 0.417 e. The summed E-state index contributed by atoms with van der Waals surface area (Å²) in [6.45, 7) is 0. The van der Waals surface area contributed by atoms with Crippen LogP contribution in [0.5, 0.6) is 11.5 Å². The molecule has 0 saturated heterocycles. The molecule has 0 unspecified atom stereocenters. The Morgan fingerprint density at radius 1 is 0.917 bits per heavy atom. The summed E-state index contributed by atoms with van der Waals surface area (Å²) in [5, 5.41) is 7.44. The normalized spacial score (nSPS) is 11.0. The molecule has 4 aromatic rings. The van der Waals surface area contributed by atoms with E-state index in [9.17, 15) is 22.8 Å². The molecule has 0 saturated carbocycles. The topological polar surface area (TPSA) is 131 Å². The van der Waals surface area contributed by atoms with E-state index in [1.165, 1.54) is 25.5 Å². The zero-order valence-corrected chi connectivity index (χ0v) is 18.5. The third kappa shape index (κ3) is 5.94. The number of hydrogen-bond acceptors (Lipinski definition) is 7. The van der Waals surface area contributed by atoms with Gasteiger partial charge in [0.05, 0.1) is 11.8 Å². The highest BCUT2D eigenvalue weighted by molar-refractivity contribution is 5.98. The summed E-state index contributed by atoms with van der Waals surface area (Å²) in [7, 11) is 1.50. The second-order valence-electron chi connectivity index (χ2n) is 7.12. The minimum absolute atomic E-state index is 0.0798. The van der Waals surface area contributed by atoms with Gasteiger partial charge >= 0.3 is 18.2 Å². The number of ether oxygens (including phenoxy) is 1.